The van der Waals surface area contributed by atoms with Crippen LogP contribution in [0.5, 0.6) is 0 Å². The average molecular weight is 524 g/mol. The molecule has 106 valence electrons. The van der Waals surface area contributed by atoms with Gasteiger partial charge in [-0.1, -0.05) is 0 Å². The molecule has 2 rings (SSSR count). The first kappa shape index (κ1) is 14.0. The van der Waals surface area contributed by atoms with Gasteiger partial charge in [0, 0.05) is 6.42 Å². The monoisotopic (exact) mass is 524 g/mol. The molecule has 0 aliphatic heterocycles. The van der Waals surface area contributed by atoms with Crippen LogP contribution in [0.15, 0.2) is 18.2 Å². The Bertz CT molecular complexity index is 605. The molecule has 0 fully saturated rings. The summed E-state index contributed by atoms with van der Waals surface area (Å²) in [6.45, 7) is 0. The molecule has 1 amide bonds. The normalized spacial score (nSPS) is 11.6. The summed E-state index contributed by atoms with van der Waals surface area (Å²) in [6, 6.07) is 3.08. The molecular weight excluding hydrogens is 516 g/mol. The Morgan fingerprint density at radius 2 is 2.32 bits per heavy atom. The fraction of sp³-hybridized carbons (Fsp3) is 0.182. The molecule has 1 unspecified atom stereocenters. The van der Waals surface area contributed by atoms with Crippen molar-refractivity contribution in [1.82, 2.24) is 10.3 Å². The van der Waals surface area contributed by atoms with Crippen molar-refractivity contribution in [3.8, 4) is 0 Å². The number of amides is 1. The maximum absolute atomic E-state index is 13.0. The van der Waals surface area contributed by atoms with E-state index in [9.17, 15) is 14.0 Å². The second-order valence-corrected chi connectivity index (χ2v) is 4.68. The zero-order valence-electron chi connectivity index (χ0n) is 9.30. The van der Waals surface area contributed by atoms with Gasteiger partial charge in [-0.25, -0.2) is 9.37 Å². The number of aromatic nitrogens is 1. The number of carboxylic acids is 1. The van der Waals surface area contributed by atoms with Crippen LogP contribution >= 0.6 is 11.3 Å². The van der Waals surface area contributed by atoms with Crippen LogP contribution in [0.25, 0.3) is 10.2 Å². The molecule has 0 saturated carbocycles. The molecule has 0 saturated heterocycles. The van der Waals surface area contributed by atoms with Crippen LogP contribution in [0.1, 0.15) is 5.01 Å². The second-order valence-electron chi connectivity index (χ2n) is 3.56. The van der Waals surface area contributed by atoms with E-state index < -0.39 is 12.0 Å². The fourth-order valence-electron chi connectivity index (χ4n) is 1.48. The van der Waals surface area contributed by atoms with Crippen molar-refractivity contribution in [2.24, 2.45) is 0 Å². The molecule has 8 heteroatoms. The van der Waals surface area contributed by atoms with E-state index in [-0.39, 0.29) is 12.2 Å². The number of carbonyl (C=O) groups excluding carboxylic acids is 1. The van der Waals surface area contributed by atoms with Gasteiger partial charge in [-0.05, 0) is 18.2 Å². The minimum absolute atomic E-state index is 0. The van der Waals surface area contributed by atoms with Crippen LogP contribution in [0.2, 0.25) is 0 Å². The summed E-state index contributed by atoms with van der Waals surface area (Å²) in [6.07, 6.45) is 1.40. The van der Waals surface area contributed by atoms with Gasteiger partial charge in [0.05, 0.1) is 15.2 Å². The zero-order valence-corrected chi connectivity index (χ0v) is 12.5. The summed E-state index contributed by atoms with van der Waals surface area (Å²) < 4.78 is 13.6. The minimum atomic E-state index is -1.16. The molecule has 19 heavy (non-hydrogen) atoms. The van der Waals surface area contributed by atoms with Crippen molar-refractivity contribution < 1.29 is 19.1 Å². The summed E-state index contributed by atoms with van der Waals surface area (Å²) in [4.78, 5) is 25.2. The SMILES string of the molecule is O=[C-]NC(Cc1nc2ccc(F)cc2s1)C(=O)O.[Fm]. The van der Waals surface area contributed by atoms with Crippen LogP contribution in [-0.2, 0) is 16.0 Å². The van der Waals surface area contributed by atoms with Gasteiger partial charge in [0.2, 0.25) is 0 Å². The summed E-state index contributed by atoms with van der Waals surface area (Å²) in [7, 11) is 0. The topological polar surface area (TPSA) is 79.3 Å². The van der Waals surface area contributed by atoms with Gasteiger partial charge in [-0.2, -0.15) is 6.41 Å². The summed E-state index contributed by atoms with van der Waals surface area (Å²) in [5.74, 6) is -1.53. The van der Waals surface area contributed by atoms with Gasteiger partial charge in [-0.15, -0.1) is 11.3 Å². The number of carbonyl (C=O) groups is 1. The zero-order chi connectivity index (χ0) is 13.1. The van der Waals surface area contributed by atoms with Crippen molar-refractivity contribution in [3.05, 3.63) is 29.0 Å². The Morgan fingerprint density at radius 1 is 1.58 bits per heavy atom. The van der Waals surface area contributed by atoms with Gasteiger partial charge in [0.1, 0.15) is 11.9 Å². The molecule has 1 aromatic heterocycles. The van der Waals surface area contributed by atoms with Gasteiger partial charge >= 0.3 is 5.97 Å². The van der Waals surface area contributed by atoms with Crippen LogP contribution < -0.4 is 5.32 Å². The number of thiazole rings is 1. The Balaban J connectivity index is 0.00000180. The number of rotatable bonds is 5. The Labute approximate surface area is 105 Å². The number of hydrogen-bond acceptors (Lipinski definition) is 4. The molecule has 1 aromatic carbocycles. The van der Waals surface area contributed by atoms with Gasteiger partial charge in [0.15, 0.2) is 0 Å². The fourth-order valence-corrected chi connectivity index (χ4v) is 2.52. The van der Waals surface area contributed by atoms with E-state index in [1.165, 1.54) is 35.9 Å². The Morgan fingerprint density at radius 3 is 2.95 bits per heavy atom. The quantitative estimate of drug-likeness (QED) is 0.454. The van der Waals surface area contributed by atoms with E-state index >= 15 is 0 Å². The van der Waals surface area contributed by atoms with Gasteiger partial charge < -0.3 is 15.2 Å². The van der Waals surface area contributed by atoms with E-state index in [4.69, 9.17) is 5.11 Å². The molecule has 0 bridgehead atoms. The van der Waals surface area contributed by atoms with Crippen molar-refractivity contribution in [2.75, 3.05) is 0 Å². The number of halogens is 1. The number of nitrogens with zero attached hydrogens (tertiary/aromatic N) is 1. The summed E-state index contributed by atoms with van der Waals surface area (Å²) in [5.41, 5.74) is 0.607. The van der Waals surface area contributed by atoms with Crippen molar-refractivity contribution in [3.63, 3.8) is 0 Å². The minimum Gasteiger partial charge on any atom is -0.520 e. The van der Waals surface area contributed by atoms with Gasteiger partial charge in [-0.3, -0.25) is 4.79 Å². The third-order valence-corrected chi connectivity index (χ3v) is 3.35. The number of hydrogen-bond donors (Lipinski definition) is 2. The van der Waals surface area contributed by atoms with Crippen molar-refractivity contribution >= 4 is 33.9 Å². The molecule has 2 aromatic rings. The third-order valence-electron chi connectivity index (χ3n) is 2.30. The van der Waals surface area contributed by atoms with Gasteiger partial charge in [0.25, 0.3) is 0 Å². The third kappa shape index (κ3) is 3.01. The van der Waals surface area contributed by atoms with E-state index in [0.717, 1.165) is 0 Å². The maximum atomic E-state index is 13.0. The molecule has 1 heterocycles. The molecule has 1 atom stereocenters. The Kier molecular flexibility index (Phi) is 4.10. The first-order chi connectivity index (χ1) is 8.60. The Hall–Kier alpha value is -3.02. The predicted octanol–water partition coefficient (Wildman–Crippen LogP) is 1.09. The summed E-state index contributed by atoms with van der Waals surface area (Å²) in [5, 5.41) is 11.5. The maximum Gasteiger partial charge on any atom is 0.323 e. The van der Waals surface area contributed by atoms with Crippen molar-refractivity contribution in [1.29, 1.82) is 0 Å². The second kappa shape index (κ2) is 5.54. The average Bonchev–Trinajstić information content (AvgIpc) is 2.69. The number of carboxylic acid groups (broad SMARTS) is 1. The molecule has 0 aliphatic carbocycles. The standard InChI is InChI=1S/C11H8FN2O3S.Fm/c12-6-1-2-7-9(3-6)18-10(14-7)4-8(11(16)17)13-5-15;/h1-3,8H,4H2,(H,13,15)(H,16,17);/q-1;. The number of fused-ring (bicyclic) bond motifs is 1. The number of aliphatic carboxylic acids is 1. The predicted molar refractivity (Wildman–Crippen MR) is 63.5 cm³/mol. The molecule has 5 nitrogen and oxygen atoms in total. The van der Waals surface area contributed by atoms with E-state index in [0.29, 0.717) is 15.2 Å². The summed E-state index contributed by atoms with van der Waals surface area (Å²) >= 11 is 1.20. The molecule has 0 spiro atoms. The largest absolute Gasteiger partial charge is 0.520 e. The molecule has 2 N–H and O–H groups in total. The van der Waals surface area contributed by atoms with Crippen LogP contribution in [0.3, 0.4) is 0 Å². The van der Waals surface area contributed by atoms with Crippen LogP contribution in [-0.4, -0.2) is 28.5 Å². The number of nitrogens with one attached hydrogen (secondary N) is 1. The number of benzene rings is 1. The van der Waals surface area contributed by atoms with Crippen molar-refractivity contribution in [2.45, 2.75) is 12.5 Å². The van der Waals surface area contributed by atoms with E-state index in [1.807, 2.05) is 0 Å². The van der Waals surface area contributed by atoms with Crippen LogP contribution in [0, 0.1) is 5.82 Å². The van der Waals surface area contributed by atoms with Crippen LogP contribution in [0.4, 0.5) is 4.39 Å². The molecule has 0 aliphatic rings. The smallest absolute Gasteiger partial charge is 0.323 e. The molecule has 0 radical (unpaired) electrons. The van der Waals surface area contributed by atoms with E-state index in [2.05, 4.69) is 10.3 Å². The first-order valence-electron chi connectivity index (χ1n) is 5.00. The first-order valence-corrected chi connectivity index (χ1v) is 5.82. The molecular formula is C11H8FFmN2O3S-. The van der Waals surface area contributed by atoms with E-state index in [1.54, 1.807) is 0 Å².